The summed E-state index contributed by atoms with van der Waals surface area (Å²) in [6, 6.07) is 12.1. The van der Waals surface area contributed by atoms with Crippen LogP contribution in [0.2, 0.25) is 5.02 Å². The molecule has 186 valence electrons. The van der Waals surface area contributed by atoms with Crippen molar-refractivity contribution in [3.8, 4) is 11.5 Å². The molecule has 35 heavy (non-hydrogen) atoms. The number of benzene rings is 2. The molecule has 3 atom stereocenters. The Bertz CT molecular complexity index is 1110. The zero-order chi connectivity index (χ0) is 24.5. The quantitative estimate of drug-likeness (QED) is 0.524. The molecule has 1 unspecified atom stereocenters. The van der Waals surface area contributed by atoms with Gasteiger partial charge >= 0.3 is 5.97 Å². The van der Waals surface area contributed by atoms with Crippen LogP contribution in [0.15, 0.2) is 36.4 Å². The number of rotatable bonds is 7. The monoisotopic (exact) mass is 498 g/mol. The standard InChI is InChI=1S/C27H31ClN2O5/c1-3-33-26(31)16-34-21-7-8-23-17(12-21)10-11-30(27(23)32)20-6-9-25(24(28)15-20)35-22-13-18-4-5-19(14-22)29(18)2/h6-9,12,15,18-19,22H,3-5,10-11,13-14,16H2,1-2H3/t18-,19+,22?. The van der Waals surface area contributed by atoms with Gasteiger partial charge < -0.3 is 24.0 Å². The highest BCUT2D eigenvalue weighted by Crippen LogP contribution is 2.38. The summed E-state index contributed by atoms with van der Waals surface area (Å²) in [5.74, 6) is 0.724. The Morgan fingerprint density at radius 1 is 1.11 bits per heavy atom. The Morgan fingerprint density at radius 2 is 1.89 bits per heavy atom. The third-order valence-electron chi connectivity index (χ3n) is 7.39. The molecule has 3 aliphatic rings. The van der Waals surface area contributed by atoms with Gasteiger partial charge in [0, 0.05) is 29.9 Å². The number of nitrogens with zero attached hydrogens (tertiary/aromatic N) is 2. The van der Waals surface area contributed by atoms with Gasteiger partial charge in [-0.2, -0.15) is 0 Å². The van der Waals surface area contributed by atoms with Crippen LogP contribution in [0.1, 0.15) is 48.5 Å². The van der Waals surface area contributed by atoms with Crippen LogP contribution in [0.4, 0.5) is 5.69 Å². The van der Waals surface area contributed by atoms with Gasteiger partial charge in [-0.3, -0.25) is 4.79 Å². The van der Waals surface area contributed by atoms with E-state index in [0.717, 1.165) is 24.1 Å². The molecule has 7 nitrogen and oxygen atoms in total. The van der Waals surface area contributed by atoms with Crippen LogP contribution in [0, 0.1) is 0 Å². The Morgan fingerprint density at radius 3 is 2.60 bits per heavy atom. The molecule has 0 spiro atoms. The number of amides is 1. The first kappa shape index (κ1) is 23.9. The fourth-order valence-corrected chi connectivity index (χ4v) is 5.76. The number of hydrogen-bond acceptors (Lipinski definition) is 6. The molecule has 8 heteroatoms. The van der Waals surface area contributed by atoms with Crippen LogP contribution >= 0.6 is 11.6 Å². The SMILES string of the molecule is CCOC(=O)COc1ccc2c(c1)CCN(c1ccc(OC3C[C@H]4CC[C@@H](C3)N4C)c(Cl)c1)C2=O. The summed E-state index contributed by atoms with van der Waals surface area (Å²) >= 11 is 6.61. The van der Waals surface area contributed by atoms with Gasteiger partial charge in [0.1, 0.15) is 17.6 Å². The fourth-order valence-electron chi connectivity index (χ4n) is 5.54. The number of ether oxygens (including phenoxy) is 3. The first-order valence-electron chi connectivity index (χ1n) is 12.3. The molecule has 1 amide bonds. The number of carbonyl (C=O) groups excluding carboxylic acids is 2. The van der Waals surface area contributed by atoms with E-state index in [4.69, 9.17) is 25.8 Å². The molecule has 2 aromatic rings. The third kappa shape index (κ3) is 4.98. The normalized spacial score (nSPS) is 23.7. The topological polar surface area (TPSA) is 68.3 Å². The number of hydrogen-bond donors (Lipinski definition) is 0. The lowest BCUT2D eigenvalue weighted by Gasteiger charge is -2.36. The summed E-state index contributed by atoms with van der Waals surface area (Å²) in [7, 11) is 2.21. The Balaban J connectivity index is 1.24. The molecule has 3 heterocycles. The molecule has 0 N–H and O–H groups in total. The molecule has 0 saturated carbocycles. The summed E-state index contributed by atoms with van der Waals surface area (Å²) < 4.78 is 16.7. The van der Waals surface area contributed by atoms with E-state index in [9.17, 15) is 9.59 Å². The minimum atomic E-state index is -0.417. The zero-order valence-electron chi connectivity index (χ0n) is 20.2. The Kier molecular flexibility index (Phi) is 6.89. The predicted octanol–water partition coefficient (Wildman–Crippen LogP) is 4.49. The van der Waals surface area contributed by atoms with Gasteiger partial charge in [-0.05, 0) is 88.0 Å². The second kappa shape index (κ2) is 10.1. The van der Waals surface area contributed by atoms with Crippen molar-refractivity contribution in [3.63, 3.8) is 0 Å². The minimum Gasteiger partial charge on any atom is -0.489 e. The van der Waals surface area contributed by atoms with Crippen molar-refractivity contribution < 1.29 is 23.8 Å². The highest BCUT2D eigenvalue weighted by molar-refractivity contribution is 6.32. The van der Waals surface area contributed by atoms with E-state index in [-0.39, 0.29) is 18.6 Å². The lowest BCUT2D eigenvalue weighted by molar-refractivity contribution is -0.145. The number of halogens is 1. The second-order valence-electron chi connectivity index (χ2n) is 9.50. The molecule has 2 fully saturated rings. The van der Waals surface area contributed by atoms with Gasteiger partial charge in [-0.15, -0.1) is 0 Å². The molecular weight excluding hydrogens is 468 g/mol. The van der Waals surface area contributed by atoms with Gasteiger partial charge in [0.25, 0.3) is 5.91 Å². The summed E-state index contributed by atoms with van der Waals surface area (Å²) in [5, 5.41) is 0.523. The number of fused-ring (bicyclic) bond motifs is 3. The molecule has 3 aliphatic heterocycles. The first-order valence-corrected chi connectivity index (χ1v) is 12.7. The lowest BCUT2D eigenvalue weighted by Crippen LogP contribution is -2.43. The number of anilines is 1. The van der Waals surface area contributed by atoms with E-state index in [1.165, 1.54) is 12.8 Å². The maximum absolute atomic E-state index is 13.2. The zero-order valence-corrected chi connectivity index (χ0v) is 20.9. The van der Waals surface area contributed by atoms with Crippen molar-refractivity contribution in [2.75, 3.05) is 31.7 Å². The van der Waals surface area contributed by atoms with E-state index < -0.39 is 5.97 Å². The molecule has 2 bridgehead atoms. The molecule has 0 radical (unpaired) electrons. The summed E-state index contributed by atoms with van der Waals surface area (Å²) in [5.41, 5.74) is 2.28. The number of carbonyl (C=O) groups is 2. The van der Waals surface area contributed by atoms with Crippen LogP contribution < -0.4 is 14.4 Å². The Hall–Kier alpha value is -2.77. The van der Waals surface area contributed by atoms with Crippen molar-refractivity contribution in [1.82, 2.24) is 4.90 Å². The summed E-state index contributed by atoms with van der Waals surface area (Å²) in [6.07, 6.45) is 5.38. The molecule has 2 aromatic carbocycles. The van der Waals surface area contributed by atoms with Gasteiger partial charge in [-0.25, -0.2) is 4.79 Å². The number of piperidine rings is 1. The molecule has 0 aromatic heterocycles. The van der Waals surface area contributed by atoms with E-state index in [1.54, 1.807) is 24.0 Å². The van der Waals surface area contributed by atoms with E-state index in [0.29, 0.717) is 53.7 Å². The van der Waals surface area contributed by atoms with Crippen molar-refractivity contribution in [2.24, 2.45) is 0 Å². The fraction of sp³-hybridized carbons (Fsp3) is 0.481. The molecular formula is C27H31ClN2O5. The highest BCUT2D eigenvalue weighted by Gasteiger charge is 2.39. The summed E-state index contributed by atoms with van der Waals surface area (Å²) in [4.78, 5) is 29.0. The van der Waals surface area contributed by atoms with E-state index in [1.807, 2.05) is 24.3 Å². The van der Waals surface area contributed by atoms with Crippen LogP contribution in [-0.4, -0.2) is 61.8 Å². The van der Waals surface area contributed by atoms with Gasteiger partial charge in [0.2, 0.25) is 0 Å². The van der Waals surface area contributed by atoms with E-state index >= 15 is 0 Å². The van der Waals surface area contributed by atoms with Crippen molar-refractivity contribution in [1.29, 1.82) is 0 Å². The maximum atomic E-state index is 13.2. The maximum Gasteiger partial charge on any atom is 0.344 e. The largest absolute Gasteiger partial charge is 0.489 e. The van der Waals surface area contributed by atoms with Crippen molar-refractivity contribution in [2.45, 2.75) is 57.2 Å². The molecule has 5 rings (SSSR count). The van der Waals surface area contributed by atoms with Crippen molar-refractivity contribution >= 4 is 29.2 Å². The predicted molar refractivity (Wildman–Crippen MR) is 134 cm³/mol. The van der Waals surface area contributed by atoms with Gasteiger partial charge in [0.05, 0.1) is 11.6 Å². The van der Waals surface area contributed by atoms with Gasteiger partial charge in [-0.1, -0.05) is 11.6 Å². The van der Waals surface area contributed by atoms with E-state index in [2.05, 4.69) is 11.9 Å². The first-order chi connectivity index (χ1) is 16.9. The van der Waals surface area contributed by atoms with Crippen molar-refractivity contribution in [3.05, 3.63) is 52.5 Å². The van der Waals surface area contributed by atoms with Crippen LogP contribution in [0.3, 0.4) is 0 Å². The minimum absolute atomic E-state index is 0.0835. The third-order valence-corrected chi connectivity index (χ3v) is 7.69. The van der Waals surface area contributed by atoms with Crippen LogP contribution in [0.5, 0.6) is 11.5 Å². The average molecular weight is 499 g/mol. The smallest absolute Gasteiger partial charge is 0.344 e. The van der Waals surface area contributed by atoms with Crippen LogP contribution in [-0.2, 0) is 16.0 Å². The summed E-state index contributed by atoms with van der Waals surface area (Å²) in [6.45, 7) is 2.44. The molecule has 2 saturated heterocycles. The van der Waals surface area contributed by atoms with Crippen LogP contribution in [0.25, 0.3) is 0 Å². The Labute approximate surface area is 210 Å². The lowest BCUT2D eigenvalue weighted by atomic mass is 9.98. The number of esters is 1. The average Bonchev–Trinajstić information content (AvgIpc) is 3.04. The highest BCUT2D eigenvalue weighted by atomic mass is 35.5. The second-order valence-corrected chi connectivity index (χ2v) is 9.90. The van der Waals surface area contributed by atoms with Gasteiger partial charge in [0.15, 0.2) is 6.61 Å². The molecule has 0 aliphatic carbocycles.